The van der Waals surface area contributed by atoms with Gasteiger partial charge in [0.15, 0.2) is 0 Å². The van der Waals surface area contributed by atoms with Crippen LogP contribution in [0.15, 0.2) is 29.2 Å². The number of benzene rings is 1. The molecule has 0 fully saturated rings. The third-order valence-electron chi connectivity index (χ3n) is 2.96. The van der Waals surface area contributed by atoms with Crippen LogP contribution in [-0.2, 0) is 0 Å². The Morgan fingerprint density at radius 1 is 1.38 bits per heavy atom. The van der Waals surface area contributed by atoms with Gasteiger partial charge >= 0.3 is 0 Å². The van der Waals surface area contributed by atoms with Gasteiger partial charge in [-0.25, -0.2) is 4.31 Å². The molecule has 1 heterocycles. The van der Waals surface area contributed by atoms with Crippen LogP contribution in [0, 0.1) is 0 Å². The molecule has 88 valence electrons. The van der Waals surface area contributed by atoms with Gasteiger partial charge in [-0.1, -0.05) is 31.3 Å². The Bertz CT molecular complexity index is 370. The summed E-state index contributed by atoms with van der Waals surface area (Å²) in [5.74, 6) is 0.765. The van der Waals surface area contributed by atoms with E-state index in [0.29, 0.717) is 0 Å². The van der Waals surface area contributed by atoms with Crippen LogP contribution < -0.4 is 5.19 Å². The Kier molecular flexibility index (Phi) is 4.00. The highest BCUT2D eigenvalue weighted by molar-refractivity contribution is 7.97. The molecule has 1 aromatic carbocycles. The van der Waals surface area contributed by atoms with Crippen molar-refractivity contribution in [1.29, 1.82) is 0 Å². The summed E-state index contributed by atoms with van der Waals surface area (Å²) in [7, 11) is -1.26. The minimum Gasteiger partial charge on any atom is -0.249 e. The van der Waals surface area contributed by atoms with Crippen molar-refractivity contribution >= 4 is 36.8 Å². The largest absolute Gasteiger partial charge is 0.249 e. The predicted octanol–water partition coefficient (Wildman–Crippen LogP) is 3.09. The van der Waals surface area contributed by atoms with Gasteiger partial charge in [-0.15, -0.1) is 11.6 Å². The molecule has 0 unspecified atom stereocenters. The second kappa shape index (κ2) is 5.13. The van der Waals surface area contributed by atoms with Crippen LogP contribution in [0.4, 0.5) is 0 Å². The summed E-state index contributed by atoms with van der Waals surface area (Å²) in [6.45, 7) is 6.03. The van der Waals surface area contributed by atoms with Gasteiger partial charge in [0.2, 0.25) is 0 Å². The van der Waals surface area contributed by atoms with Crippen molar-refractivity contribution in [3.63, 3.8) is 0 Å². The molecule has 0 amide bonds. The highest BCUT2D eigenvalue weighted by atomic mass is 35.5. The van der Waals surface area contributed by atoms with Crippen LogP contribution in [0.1, 0.15) is 6.42 Å². The lowest BCUT2D eigenvalue weighted by Gasteiger charge is -2.37. The van der Waals surface area contributed by atoms with E-state index in [2.05, 4.69) is 41.7 Å². The van der Waals surface area contributed by atoms with Gasteiger partial charge in [0.25, 0.3) is 0 Å². The Morgan fingerprint density at radius 3 is 2.88 bits per heavy atom. The van der Waals surface area contributed by atoms with Crippen LogP contribution >= 0.6 is 23.5 Å². The molecule has 0 spiro atoms. The van der Waals surface area contributed by atoms with E-state index < -0.39 is 8.07 Å². The lowest BCUT2D eigenvalue weighted by Crippen LogP contribution is -2.54. The van der Waals surface area contributed by atoms with Crippen molar-refractivity contribution in [3.8, 4) is 0 Å². The summed E-state index contributed by atoms with van der Waals surface area (Å²) in [5.41, 5.74) is 0. The highest BCUT2D eigenvalue weighted by Gasteiger charge is 2.33. The number of nitrogens with zero attached hydrogens (tertiary/aromatic N) is 1. The Labute approximate surface area is 108 Å². The van der Waals surface area contributed by atoms with E-state index in [9.17, 15) is 0 Å². The second-order valence-corrected chi connectivity index (χ2v) is 11.0. The standard InChI is InChI=1S/C12H18ClNSSi/c1-16(2)10-14(9-5-8-13)15-11-6-3-4-7-12(11)16/h3-4,6-7H,5,8-10H2,1-2H3. The quantitative estimate of drug-likeness (QED) is 0.472. The molecule has 0 aromatic heterocycles. The zero-order valence-electron chi connectivity index (χ0n) is 9.87. The monoisotopic (exact) mass is 271 g/mol. The van der Waals surface area contributed by atoms with Crippen molar-refractivity contribution in [2.75, 3.05) is 18.6 Å². The number of alkyl halides is 1. The molecule has 0 radical (unpaired) electrons. The first-order valence-corrected chi connectivity index (χ1v) is 10.2. The summed E-state index contributed by atoms with van der Waals surface area (Å²) < 4.78 is 2.50. The molecule has 0 saturated carbocycles. The fourth-order valence-electron chi connectivity index (χ4n) is 2.16. The number of hydrogen-bond acceptors (Lipinski definition) is 2. The summed E-state index contributed by atoms with van der Waals surface area (Å²) in [6, 6.07) is 8.87. The van der Waals surface area contributed by atoms with Gasteiger partial charge in [-0.2, -0.15) is 0 Å². The molecular weight excluding hydrogens is 254 g/mol. The first-order valence-electron chi connectivity index (χ1n) is 5.72. The minimum absolute atomic E-state index is 0.765. The van der Waals surface area contributed by atoms with Gasteiger partial charge in [0.1, 0.15) is 0 Å². The third-order valence-corrected chi connectivity index (χ3v) is 7.82. The zero-order chi connectivity index (χ0) is 11.6. The molecule has 1 aliphatic rings. The van der Waals surface area contributed by atoms with E-state index in [1.54, 1.807) is 5.19 Å². The SMILES string of the molecule is C[Si]1(C)CN(CCCCl)Sc2ccccc21. The summed E-state index contributed by atoms with van der Waals surface area (Å²) in [6.07, 6.45) is 2.33. The van der Waals surface area contributed by atoms with E-state index in [1.807, 2.05) is 11.9 Å². The summed E-state index contributed by atoms with van der Waals surface area (Å²) in [5, 5.41) is 1.61. The van der Waals surface area contributed by atoms with Gasteiger partial charge in [0.05, 0.1) is 8.07 Å². The minimum atomic E-state index is -1.26. The van der Waals surface area contributed by atoms with E-state index in [1.165, 1.54) is 11.1 Å². The van der Waals surface area contributed by atoms with Crippen LogP contribution in [-0.4, -0.2) is 31.0 Å². The molecular formula is C12H18ClNSSi. The van der Waals surface area contributed by atoms with Crippen LogP contribution in [0.25, 0.3) is 0 Å². The molecule has 1 nitrogen and oxygen atoms in total. The van der Waals surface area contributed by atoms with Crippen LogP contribution in [0.2, 0.25) is 13.1 Å². The molecule has 0 aliphatic carbocycles. The average Bonchev–Trinajstić information content (AvgIpc) is 2.25. The van der Waals surface area contributed by atoms with E-state index in [4.69, 9.17) is 11.6 Å². The maximum Gasteiger partial charge on any atom is 0.0976 e. The van der Waals surface area contributed by atoms with Crippen LogP contribution in [0.5, 0.6) is 0 Å². The number of hydrogen-bond donors (Lipinski definition) is 0. The van der Waals surface area contributed by atoms with Crippen molar-refractivity contribution in [2.24, 2.45) is 0 Å². The van der Waals surface area contributed by atoms with Crippen molar-refractivity contribution in [2.45, 2.75) is 24.4 Å². The molecule has 1 aromatic rings. The molecule has 16 heavy (non-hydrogen) atoms. The topological polar surface area (TPSA) is 3.24 Å². The average molecular weight is 272 g/mol. The highest BCUT2D eigenvalue weighted by Crippen LogP contribution is 2.29. The first kappa shape index (κ1) is 12.5. The van der Waals surface area contributed by atoms with Crippen molar-refractivity contribution < 1.29 is 0 Å². The molecule has 0 bridgehead atoms. The molecule has 0 saturated heterocycles. The maximum absolute atomic E-state index is 5.77. The van der Waals surface area contributed by atoms with E-state index in [0.717, 1.165) is 18.8 Å². The third kappa shape index (κ3) is 2.64. The fourth-order valence-corrected chi connectivity index (χ4v) is 7.79. The molecule has 4 heteroatoms. The van der Waals surface area contributed by atoms with Gasteiger partial charge in [-0.3, -0.25) is 0 Å². The predicted molar refractivity (Wildman–Crippen MR) is 76.3 cm³/mol. The number of rotatable bonds is 3. The number of fused-ring (bicyclic) bond motifs is 1. The lowest BCUT2D eigenvalue weighted by molar-refractivity contribution is 0.528. The maximum atomic E-state index is 5.77. The molecule has 1 aliphatic heterocycles. The smallest absolute Gasteiger partial charge is 0.0976 e. The number of halogens is 1. The normalized spacial score (nSPS) is 19.4. The van der Waals surface area contributed by atoms with E-state index in [-0.39, 0.29) is 0 Å². The lowest BCUT2D eigenvalue weighted by atomic mass is 10.4. The van der Waals surface area contributed by atoms with Crippen molar-refractivity contribution in [3.05, 3.63) is 24.3 Å². The molecule has 2 rings (SSSR count). The second-order valence-electron chi connectivity index (χ2n) is 4.88. The van der Waals surface area contributed by atoms with Gasteiger partial charge in [0, 0.05) is 23.5 Å². The zero-order valence-corrected chi connectivity index (χ0v) is 12.4. The van der Waals surface area contributed by atoms with Crippen molar-refractivity contribution in [1.82, 2.24) is 4.31 Å². The Morgan fingerprint density at radius 2 is 2.12 bits per heavy atom. The molecule has 0 atom stereocenters. The summed E-state index contributed by atoms with van der Waals surface area (Å²) in [4.78, 5) is 1.46. The Hall–Kier alpha value is 0.0369. The van der Waals surface area contributed by atoms with Crippen LogP contribution in [0.3, 0.4) is 0 Å². The van der Waals surface area contributed by atoms with Gasteiger partial charge in [-0.05, 0) is 29.6 Å². The van der Waals surface area contributed by atoms with E-state index >= 15 is 0 Å². The fraction of sp³-hybridized carbons (Fsp3) is 0.500. The van der Waals surface area contributed by atoms with Gasteiger partial charge < -0.3 is 0 Å². The molecule has 0 N–H and O–H groups in total. The first-order chi connectivity index (χ1) is 7.63. The summed E-state index contributed by atoms with van der Waals surface area (Å²) >= 11 is 7.68. The Balaban J connectivity index is 2.19.